The Hall–Kier alpha value is -1.40. The quantitative estimate of drug-likeness (QED) is 0.680. The molecule has 0 aromatic carbocycles. The van der Waals surface area contributed by atoms with Crippen molar-refractivity contribution in [1.29, 1.82) is 0 Å². The van der Waals surface area contributed by atoms with Gasteiger partial charge in [-0.15, -0.1) is 0 Å². The number of ether oxygens (including phenoxy) is 2. The van der Waals surface area contributed by atoms with Gasteiger partial charge in [-0.2, -0.15) is 0 Å². The van der Waals surface area contributed by atoms with Crippen molar-refractivity contribution in [3.05, 3.63) is 11.9 Å². The van der Waals surface area contributed by atoms with Crippen LogP contribution in [0, 0.1) is 5.92 Å². The largest absolute Gasteiger partial charge is 0.384 e. The number of aromatic nitrogens is 2. The van der Waals surface area contributed by atoms with E-state index in [1.165, 1.54) is 0 Å². The van der Waals surface area contributed by atoms with Crippen LogP contribution in [0.25, 0.3) is 0 Å². The number of nitrogens with zero attached hydrogens (tertiary/aromatic N) is 2. The summed E-state index contributed by atoms with van der Waals surface area (Å²) in [6.07, 6.45) is 0. The van der Waals surface area contributed by atoms with Crippen molar-refractivity contribution in [3.63, 3.8) is 0 Å². The van der Waals surface area contributed by atoms with Gasteiger partial charge in [-0.25, -0.2) is 9.97 Å². The number of anilines is 2. The normalized spacial score (nSPS) is 10.9. The Morgan fingerprint density at radius 2 is 2.17 bits per heavy atom. The Bertz CT molecular complexity index is 358. The molecule has 0 aliphatic carbocycles. The van der Waals surface area contributed by atoms with Crippen LogP contribution in [-0.4, -0.2) is 36.8 Å². The highest BCUT2D eigenvalue weighted by atomic mass is 16.5. The van der Waals surface area contributed by atoms with Gasteiger partial charge in [0.1, 0.15) is 18.2 Å². The number of nitrogen functional groups attached to an aromatic ring is 1. The van der Waals surface area contributed by atoms with Gasteiger partial charge in [0.25, 0.3) is 0 Å². The van der Waals surface area contributed by atoms with Gasteiger partial charge < -0.3 is 20.5 Å². The van der Waals surface area contributed by atoms with E-state index < -0.39 is 0 Å². The van der Waals surface area contributed by atoms with Crippen LogP contribution in [0.3, 0.4) is 0 Å². The van der Waals surface area contributed by atoms with Crippen molar-refractivity contribution in [1.82, 2.24) is 9.97 Å². The zero-order valence-electron chi connectivity index (χ0n) is 11.3. The molecule has 0 aliphatic heterocycles. The molecule has 0 bridgehead atoms. The molecule has 6 nitrogen and oxygen atoms in total. The molecule has 0 fully saturated rings. The molecule has 3 N–H and O–H groups in total. The molecule has 1 aromatic rings. The van der Waals surface area contributed by atoms with Crippen molar-refractivity contribution in [3.8, 4) is 0 Å². The topological polar surface area (TPSA) is 82.3 Å². The van der Waals surface area contributed by atoms with E-state index in [0.717, 1.165) is 6.61 Å². The molecule has 6 heteroatoms. The molecular formula is C12H22N4O2. The molecule has 0 saturated heterocycles. The van der Waals surface area contributed by atoms with Crippen LogP contribution in [-0.2, 0) is 16.1 Å². The maximum absolute atomic E-state index is 5.68. The molecular weight excluding hydrogens is 232 g/mol. The van der Waals surface area contributed by atoms with Crippen molar-refractivity contribution >= 4 is 11.6 Å². The van der Waals surface area contributed by atoms with Gasteiger partial charge in [-0.05, 0) is 5.92 Å². The first kappa shape index (κ1) is 14.7. The fourth-order valence-electron chi connectivity index (χ4n) is 1.37. The standard InChI is InChI=1S/C12H22N4O2/c1-9(2)7-18-5-4-14-11-6-10(13)15-12(16-11)8-17-3/h6,9H,4-5,7-8H2,1-3H3,(H3,13,14,15,16). The molecule has 18 heavy (non-hydrogen) atoms. The minimum Gasteiger partial charge on any atom is -0.384 e. The number of hydrogen-bond donors (Lipinski definition) is 2. The summed E-state index contributed by atoms with van der Waals surface area (Å²) in [5, 5.41) is 3.15. The molecule has 0 radical (unpaired) electrons. The van der Waals surface area contributed by atoms with Gasteiger partial charge in [-0.1, -0.05) is 13.8 Å². The number of rotatable bonds is 8. The summed E-state index contributed by atoms with van der Waals surface area (Å²) in [5.41, 5.74) is 5.68. The van der Waals surface area contributed by atoms with Gasteiger partial charge in [0.15, 0.2) is 5.82 Å². The van der Waals surface area contributed by atoms with Crippen molar-refractivity contribution < 1.29 is 9.47 Å². The second kappa shape index (κ2) is 7.84. The fourth-order valence-corrected chi connectivity index (χ4v) is 1.37. The highest BCUT2D eigenvalue weighted by molar-refractivity contribution is 5.44. The van der Waals surface area contributed by atoms with E-state index in [1.807, 2.05) is 0 Å². The van der Waals surface area contributed by atoms with E-state index in [0.29, 0.717) is 43.1 Å². The van der Waals surface area contributed by atoms with E-state index in [1.54, 1.807) is 13.2 Å². The van der Waals surface area contributed by atoms with Gasteiger partial charge >= 0.3 is 0 Å². The van der Waals surface area contributed by atoms with Gasteiger partial charge in [-0.3, -0.25) is 0 Å². The van der Waals surface area contributed by atoms with Gasteiger partial charge in [0.2, 0.25) is 0 Å². The predicted molar refractivity (Wildman–Crippen MR) is 71.3 cm³/mol. The second-order valence-electron chi connectivity index (χ2n) is 4.42. The summed E-state index contributed by atoms with van der Waals surface area (Å²) < 4.78 is 10.4. The molecule has 1 rings (SSSR count). The average molecular weight is 254 g/mol. The smallest absolute Gasteiger partial charge is 0.158 e. The third kappa shape index (κ3) is 5.79. The van der Waals surface area contributed by atoms with Crippen LogP contribution in [0.1, 0.15) is 19.7 Å². The fraction of sp³-hybridized carbons (Fsp3) is 0.667. The first-order chi connectivity index (χ1) is 8.61. The molecule has 102 valence electrons. The lowest BCUT2D eigenvalue weighted by Gasteiger charge is -2.09. The average Bonchev–Trinajstić information content (AvgIpc) is 2.28. The van der Waals surface area contributed by atoms with E-state index >= 15 is 0 Å². The zero-order valence-corrected chi connectivity index (χ0v) is 11.3. The molecule has 0 spiro atoms. The highest BCUT2D eigenvalue weighted by Gasteiger charge is 2.02. The Kier molecular flexibility index (Phi) is 6.38. The third-order valence-corrected chi connectivity index (χ3v) is 2.07. The summed E-state index contributed by atoms with van der Waals surface area (Å²) in [6.45, 7) is 6.69. The molecule has 0 atom stereocenters. The molecule has 0 saturated carbocycles. The first-order valence-electron chi connectivity index (χ1n) is 6.05. The number of hydrogen-bond acceptors (Lipinski definition) is 6. The number of nitrogens with two attached hydrogens (primary N) is 1. The molecule has 1 heterocycles. The minimum absolute atomic E-state index is 0.351. The lowest BCUT2D eigenvalue weighted by Crippen LogP contribution is -2.14. The van der Waals surface area contributed by atoms with E-state index in [2.05, 4.69) is 29.1 Å². The summed E-state index contributed by atoms with van der Waals surface area (Å²) in [4.78, 5) is 8.33. The van der Waals surface area contributed by atoms with Crippen molar-refractivity contribution in [2.45, 2.75) is 20.5 Å². The maximum atomic E-state index is 5.68. The van der Waals surface area contributed by atoms with E-state index in [-0.39, 0.29) is 0 Å². The van der Waals surface area contributed by atoms with Crippen molar-refractivity contribution in [2.24, 2.45) is 5.92 Å². The molecule has 1 aromatic heterocycles. The van der Waals surface area contributed by atoms with Crippen LogP contribution < -0.4 is 11.1 Å². The Balaban J connectivity index is 2.37. The summed E-state index contributed by atoms with van der Waals surface area (Å²) in [7, 11) is 1.60. The van der Waals surface area contributed by atoms with Gasteiger partial charge in [0.05, 0.1) is 6.61 Å². The van der Waals surface area contributed by atoms with E-state index in [4.69, 9.17) is 15.2 Å². The monoisotopic (exact) mass is 254 g/mol. The summed E-state index contributed by atoms with van der Waals surface area (Å²) in [6, 6.07) is 1.70. The lowest BCUT2D eigenvalue weighted by atomic mass is 10.2. The molecule has 0 aliphatic rings. The van der Waals surface area contributed by atoms with Crippen molar-refractivity contribution in [2.75, 3.05) is 37.9 Å². The summed E-state index contributed by atoms with van der Waals surface area (Å²) >= 11 is 0. The zero-order chi connectivity index (χ0) is 13.4. The number of nitrogens with one attached hydrogen (secondary N) is 1. The van der Waals surface area contributed by atoms with Gasteiger partial charge in [0, 0.05) is 26.3 Å². The second-order valence-corrected chi connectivity index (χ2v) is 4.42. The Morgan fingerprint density at radius 1 is 1.39 bits per heavy atom. The van der Waals surface area contributed by atoms with Crippen LogP contribution in [0.15, 0.2) is 6.07 Å². The van der Waals surface area contributed by atoms with Crippen LogP contribution in [0.2, 0.25) is 0 Å². The van der Waals surface area contributed by atoms with Crippen LogP contribution >= 0.6 is 0 Å². The van der Waals surface area contributed by atoms with Crippen LogP contribution in [0.4, 0.5) is 11.6 Å². The minimum atomic E-state index is 0.351. The molecule has 0 unspecified atom stereocenters. The summed E-state index contributed by atoms with van der Waals surface area (Å²) in [5.74, 6) is 2.25. The SMILES string of the molecule is COCc1nc(N)cc(NCCOCC(C)C)n1. The van der Waals surface area contributed by atoms with Crippen LogP contribution in [0.5, 0.6) is 0 Å². The maximum Gasteiger partial charge on any atom is 0.158 e. The Morgan fingerprint density at radius 3 is 2.83 bits per heavy atom. The third-order valence-electron chi connectivity index (χ3n) is 2.07. The highest BCUT2D eigenvalue weighted by Crippen LogP contribution is 2.08. The predicted octanol–water partition coefficient (Wildman–Crippen LogP) is 1.29. The first-order valence-corrected chi connectivity index (χ1v) is 6.05. The number of methoxy groups -OCH3 is 1. The lowest BCUT2D eigenvalue weighted by molar-refractivity contribution is 0.118. The Labute approximate surface area is 108 Å². The molecule has 0 amide bonds. The van der Waals surface area contributed by atoms with E-state index in [9.17, 15) is 0 Å².